The van der Waals surface area contributed by atoms with Crippen LogP contribution in [0.5, 0.6) is 0 Å². The molecule has 17 heavy (non-hydrogen) atoms. The molecule has 0 amide bonds. The van der Waals surface area contributed by atoms with E-state index < -0.39 is 24.5 Å². The van der Waals surface area contributed by atoms with E-state index in [1.165, 1.54) is 18.2 Å². The first-order chi connectivity index (χ1) is 8.15. The molecule has 90 valence electrons. The number of rotatable bonds is 3. The number of aromatic nitrogens is 2. The van der Waals surface area contributed by atoms with E-state index in [9.17, 15) is 13.2 Å². The molecular formula is C11H9F3N2O. The van der Waals surface area contributed by atoms with Crippen LogP contribution in [0.1, 0.15) is 17.7 Å². The molecule has 1 aromatic heterocycles. The van der Waals surface area contributed by atoms with Crippen LogP contribution in [0.25, 0.3) is 5.69 Å². The Bertz CT molecular complexity index is 525. The second-order valence-corrected chi connectivity index (χ2v) is 3.38. The summed E-state index contributed by atoms with van der Waals surface area (Å²) in [6, 6.07) is 5.48. The number of alkyl halides is 2. The van der Waals surface area contributed by atoms with Gasteiger partial charge in [-0.25, -0.2) is 17.9 Å². The largest absolute Gasteiger partial charge is 0.392 e. The average molecular weight is 242 g/mol. The second-order valence-electron chi connectivity index (χ2n) is 3.38. The third-order valence-electron chi connectivity index (χ3n) is 2.34. The molecule has 0 saturated heterocycles. The normalized spacial score (nSPS) is 11.1. The van der Waals surface area contributed by atoms with E-state index in [1.54, 1.807) is 0 Å². The highest BCUT2D eigenvalue weighted by Crippen LogP contribution is 2.26. The smallest absolute Gasteiger partial charge is 0.280 e. The van der Waals surface area contributed by atoms with Crippen molar-refractivity contribution in [1.82, 2.24) is 9.78 Å². The van der Waals surface area contributed by atoms with Gasteiger partial charge in [-0.1, -0.05) is 12.1 Å². The summed E-state index contributed by atoms with van der Waals surface area (Å²) in [6.07, 6.45) is -1.73. The van der Waals surface area contributed by atoms with Crippen molar-refractivity contribution in [2.45, 2.75) is 13.0 Å². The highest BCUT2D eigenvalue weighted by atomic mass is 19.3. The zero-order valence-corrected chi connectivity index (χ0v) is 8.65. The van der Waals surface area contributed by atoms with Crippen LogP contribution in [0.2, 0.25) is 0 Å². The summed E-state index contributed by atoms with van der Waals surface area (Å²) in [7, 11) is 0. The highest BCUT2D eigenvalue weighted by molar-refractivity contribution is 5.36. The molecule has 0 aliphatic heterocycles. The Labute approximate surface area is 95.1 Å². The minimum Gasteiger partial charge on any atom is -0.392 e. The van der Waals surface area contributed by atoms with Gasteiger partial charge >= 0.3 is 0 Å². The van der Waals surface area contributed by atoms with E-state index in [-0.39, 0.29) is 11.3 Å². The SMILES string of the molecule is OCc1cnn(-c2ccccc2F)c1C(F)F. The quantitative estimate of drug-likeness (QED) is 0.897. The van der Waals surface area contributed by atoms with Crippen LogP contribution < -0.4 is 0 Å². The van der Waals surface area contributed by atoms with Gasteiger partial charge < -0.3 is 5.11 Å². The topological polar surface area (TPSA) is 38.1 Å². The van der Waals surface area contributed by atoms with Crippen molar-refractivity contribution in [3.8, 4) is 5.69 Å². The van der Waals surface area contributed by atoms with Gasteiger partial charge in [0.15, 0.2) is 0 Å². The van der Waals surface area contributed by atoms with Crippen LogP contribution in [0, 0.1) is 5.82 Å². The zero-order valence-electron chi connectivity index (χ0n) is 8.65. The van der Waals surface area contributed by atoms with E-state index in [4.69, 9.17) is 5.11 Å². The lowest BCUT2D eigenvalue weighted by Gasteiger charge is -2.08. The summed E-state index contributed by atoms with van der Waals surface area (Å²) in [4.78, 5) is 0. The maximum atomic E-state index is 13.5. The van der Waals surface area contributed by atoms with Gasteiger partial charge in [0.25, 0.3) is 6.43 Å². The van der Waals surface area contributed by atoms with Gasteiger partial charge in [0.05, 0.1) is 12.8 Å². The first-order valence-electron chi connectivity index (χ1n) is 4.86. The lowest BCUT2D eigenvalue weighted by molar-refractivity contribution is 0.138. The van der Waals surface area contributed by atoms with Crippen LogP contribution in [0.3, 0.4) is 0 Å². The molecule has 0 unspecified atom stereocenters. The van der Waals surface area contributed by atoms with Crippen molar-refractivity contribution in [3.05, 3.63) is 47.5 Å². The summed E-state index contributed by atoms with van der Waals surface area (Å²) in [5, 5.41) is 12.6. The van der Waals surface area contributed by atoms with Crippen molar-refractivity contribution in [2.24, 2.45) is 0 Å². The standard InChI is InChI=1S/C11H9F3N2O/c12-8-3-1-2-4-9(8)16-10(11(13)14)7(6-17)5-15-16/h1-5,11,17H,6H2. The van der Waals surface area contributed by atoms with Crippen LogP contribution >= 0.6 is 0 Å². The van der Waals surface area contributed by atoms with Gasteiger partial charge in [0.2, 0.25) is 0 Å². The maximum Gasteiger partial charge on any atom is 0.280 e. The Hall–Kier alpha value is -1.82. The molecule has 6 heteroatoms. The molecule has 2 rings (SSSR count). The Balaban J connectivity index is 2.60. The Morgan fingerprint density at radius 2 is 2.00 bits per heavy atom. The number of nitrogens with zero attached hydrogens (tertiary/aromatic N) is 2. The molecule has 0 bridgehead atoms. The zero-order chi connectivity index (χ0) is 12.4. The minimum atomic E-state index is -2.83. The molecule has 0 aliphatic carbocycles. The molecule has 2 aromatic rings. The van der Waals surface area contributed by atoms with Crippen LogP contribution in [0.4, 0.5) is 13.2 Å². The predicted molar refractivity (Wildman–Crippen MR) is 54.4 cm³/mol. The Morgan fingerprint density at radius 3 is 2.59 bits per heavy atom. The molecule has 0 atom stereocenters. The second kappa shape index (κ2) is 4.58. The average Bonchev–Trinajstić information content (AvgIpc) is 2.73. The predicted octanol–water partition coefficient (Wildman–Crippen LogP) is 2.44. The fourth-order valence-corrected chi connectivity index (χ4v) is 1.56. The Morgan fingerprint density at radius 1 is 1.29 bits per heavy atom. The van der Waals surface area contributed by atoms with Gasteiger partial charge in [0, 0.05) is 5.56 Å². The van der Waals surface area contributed by atoms with E-state index in [0.717, 1.165) is 16.9 Å². The van der Waals surface area contributed by atoms with Gasteiger partial charge in [-0.05, 0) is 12.1 Å². The number of halogens is 3. The molecular weight excluding hydrogens is 233 g/mol. The van der Waals surface area contributed by atoms with Crippen molar-refractivity contribution in [3.63, 3.8) is 0 Å². The van der Waals surface area contributed by atoms with Crippen LogP contribution in [0.15, 0.2) is 30.5 Å². The lowest BCUT2D eigenvalue weighted by Crippen LogP contribution is -2.06. The first-order valence-corrected chi connectivity index (χ1v) is 4.86. The van der Waals surface area contributed by atoms with Crippen molar-refractivity contribution in [1.29, 1.82) is 0 Å². The van der Waals surface area contributed by atoms with Crippen molar-refractivity contribution in [2.75, 3.05) is 0 Å². The Kier molecular flexibility index (Phi) is 3.14. The summed E-state index contributed by atoms with van der Waals surface area (Å²) in [5.41, 5.74) is -0.566. The molecule has 0 aliphatic rings. The van der Waals surface area contributed by atoms with Gasteiger partial charge in [-0.3, -0.25) is 0 Å². The number of hydrogen-bond donors (Lipinski definition) is 1. The minimum absolute atomic E-state index is 0.0109. The summed E-state index contributed by atoms with van der Waals surface area (Å²) in [6.45, 7) is -0.561. The maximum absolute atomic E-state index is 13.5. The van der Waals surface area contributed by atoms with E-state index in [1.807, 2.05) is 0 Å². The van der Waals surface area contributed by atoms with Crippen molar-refractivity contribution < 1.29 is 18.3 Å². The summed E-state index contributed by atoms with van der Waals surface area (Å²) >= 11 is 0. The summed E-state index contributed by atoms with van der Waals surface area (Å²) < 4.78 is 39.9. The van der Waals surface area contributed by atoms with E-state index >= 15 is 0 Å². The molecule has 0 radical (unpaired) electrons. The van der Waals surface area contributed by atoms with E-state index in [2.05, 4.69) is 5.10 Å². The third kappa shape index (κ3) is 2.03. The molecule has 0 saturated carbocycles. The molecule has 1 heterocycles. The molecule has 1 aromatic carbocycles. The molecule has 3 nitrogen and oxygen atoms in total. The molecule has 0 spiro atoms. The number of benzene rings is 1. The molecule has 0 fully saturated rings. The van der Waals surface area contributed by atoms with E-state index in [0.29, 0.717) is 0 Å². The van der Waals surface area contributed by atoms with Crippen LogP contribution in [-0.2, 0) is 6.61 Å². The van der Waals surface area contributed by atoms with Gasteiger partial charge in [0.1, 0.15) is 17.2 Å². The van der Waals surface area contributed by atoms with Crippen molar-refractivity contribution >= 4 is 0 Å². The van der Waals surface area contributed by atoms with Gasteiger partial charge in [-0.15, -0.1) is 0 Å². The first kappa shape index (κ1) is 11.7. The number of para-hydroxylation sites is 1. The van der Waals surface area contributed by atoms with Crippen LogP contribution in [-0.4, -0.2) is 14.9 Å². The molecule has 1 N–H and O–H groups in total. The fraction of sp³-hybridized carbons (Fsp3) is 0.182. The van der Waals surface area contributed by atoms with Gasteiger partial charge in [-0.2, -0.15) is 5.10 Å². The number of aliphatic hydroxyl groups excluding tert-OH is 1. The number of hydrogen-bond acceptors (Lipinski definition) is 2. The highest BCUT2D eigenvalue weighted by Gasteiger charge is 2.21. The summed E-state index contributed by atoms with van der Waals surface area (Å²) in [5.74, 6) is -0.651. The number of aliphatic hydroxyl groups is 1. The fourth-order valence-electron chi connectivity index (χ4n) is 1.56. The lowest BCUT2D eigenvalue weighted by atomic mass is 10.2. The monoisotopic (exact) mass is 242 g/mol. The third-order valence-corrected chi connectivity index (χ3v) is 2.34.